The normalized spacial score (nSPS) is 24.7. The lowest BCUT2D eigenvalue weighted by Crippen LogP contribution is -2.37. The molecular weight excluding hydrogens is 352 g/mol. The van der Waals surface area contributed by atoms with Gasteiger partial charge in [-0.3, -0.25) is 0 Å². The Morgan fingerprint density at radius 1 is 1.03 bits per heavy atom. The molecule has 0 amide bonds. The van der Waals surface area contributed by atoms with Crippen LogP contribution in [-0.4, -0.2) is 5.60 Å². The first-order valence-corrected chi connectivity index (χ1v) is 11.7. The molecule has 1 nitrogen and oxygen atoms in total. The first-order valence-electron chi connectivity index (χ1n) is 11.7. The second kappa shape index (κ2) is 7.97. The Bertz CT molecular complexity index is 804. The van der Waals surface area contributed by atoms with E-state index >= 15 is 0 Å². The number of ether oxygens (including phenoxy) is 1. The molecule has 29 heavy (non-hydrogen) atoms. The molecule has 1 heteroatoms. The molecule has 0 radical (unpaired) electrons. The molecule has 1 unspecified atom stereocenters. The second-order valence-electron chi connectivity index (χ2n) is 11.3. The molecule has 0 spiro atoms. The number of benzene rings is 1. The molecule has 1 aromatic carbocycles. The topological polar surface area (TPSA) is 9.23 Å². The van der Waals surface area contributed by atoms with Crippen molar-refractivity contribution in [3.63, 3.8) is 0 Å². The van der Waals surface area contributed by atoms with Gasteiger partial charge in [0, 0.05) is 0 Å². The number of hydrogen-bond donors (Lipinski definition) is 0. The summed E-state index contributed by atoms with van der Waals surface area (Å²) >= 11 is 0. The van der Waals surface area contributed by atoms with Crippen LogP contribution in [0.3, 0.4) is 0 Å². The number of fused-ring (bicyclic) bond motifs is 2. The van der Waals surface area contributed by atoms with Gasteiger partial charge in [0.25, 0.3) is 0 Å². The van der Waals surface area contributed by atoms with Crippen molar-refractivity contribution in [3.05, 3.63) is 52.6 Å². The fraction of sp³-hybridized carbons (Fsp3) is 0.643. The summed E-state index contributed by atoms with van der Waals surface area (Å²) in [6, 6.07) is 4.91. The van der Waals surface area contributed by atoms with E-state index in [4.69, 9.17) is 4.74 Å². The molecule has 0 fully saturated rings. The van der Waals surface area contributed by atoms with Crippen LogP contribution in [0.2, 0.25) is 0 Å². The lowest BCUT2D eigenvalue weighted by molar-refractivity contribution is 0.0717. The van der Waals surface area contributed by atoms with Crippen LogP contribution in [0.1, 0.15) is 117 Å². The zero-order chi connectivity index (χ0) is 21.4. The van der Waals surface area contributed by atoms with E-state index in [9.17, 15) is 0 Å². The minimum atomic E-state index is -0.110. The lowest BCUT2D eigenvalue weighted by atomic mass is 9.62. The highest BCUT2D eigenvalue weighted by atomic mass is 16.5. The smallest absolute Gasteiger partial charge is 0.123 e. The van der Waals surface area contributed by atoms with Gasteiger partial charge in [-0.15, -0.1) is 0 Å². The Morgan fingerprint density at radius 2 is 1.66 bits per heavy atom. The maximum Gasteiger partial charge on any atom is 0.123 e. The molecule has 0 aromatic heterocycles. The highest BCUT2D eigenvalue weighted by Gasteiger charge is 2.41. The van der Waals surface area contributed by atoms with Crippen molar-refractivity contribution in [2.45, 2.75) is 116 Å². The van der Waals surface area contributed by atoms with Gasteiger partial charge in [0.1, 0.15) is 11.4 Å². The average molecular weight is 395 g/mol. The van der Waals surface area contributed by atoms with Crippen LogP contribution in [0.15, 0.2) is 35.9 Å². The summed E-state index contributed by atoms with van der Waals surface area (Å²) in [6.45, 7) is 18.6. The molecule has 2 aliphatic rings. The Kier molecular flexibility index (Phi) is 6.10. The van der Waals surface area contributed by atoms with E-state index in [1.54, 1.807) is 5.56 Å². The Hall–Kier alpha value is -1.50. The van der Waals surface area contributed by atoms with E-state index in [2.05, 4.69) is 85.8 Å². The third-order valence-electron chi connectivity index (χ3n) is 7.10. The molecule has 0 saturated carbocycles. The van der Waals surface area contributed by atoms with E-state index in [1.165, 1.54) is 42.4 Å². The molecule has 1 heterocycles. The highest BCUT2D eigenvalue weighted by molar-refractivity contribution is 5.52. The van der Waals surface area contributed by atoms with E-state index in [0.717, 1.165) is 18.6 Å². The van der Waals surface area contributed by atoms with Crippen molar-refractivity contribution in [1.29, 1.82) is 0 Å². The van der Waals surface area contributed by atoms with Crippen LogP contribution in [-0.2, 0) is 10.8 Å². The molecule has 0 bridgehead atoms. The SMILES string of the molecule is CCC/C=C(C)\C=C\CC1CC(C)(C)Oc2cc3c(cc21)C(C)(C)CCC3(C)C. The summed E-state index contributed by atoms with van der Waals surface area (Å²) in [5.41, 5.74) is 6.21. The molecule has 0 saturated heterocycles. The monoisotopic (exact) mass is 394 g/mol. The van der Waals surface area contributed by atoms with Crippen molar-refractivity contribution in [2.24, 2.45) is 0 Å². The zero-order valence-corrected chi connectivity index (χ0v) is 20.1. The van der Waals surface area contributed by atoms with Gasteiger partial charge >= 0.3 is 0 Å². The third kappa shape index (κ3) is 4.81. The molecule has 0 N–H and O–H groups in total. The van der Waals surface area contributed by atoms with Gasteiger partial charge in [0.15, 0.2) is 0 Å². The number of allylic oxidation sites excluding steroid dienone is 4. The van der Waals surface area contributed by atoms with Crippen molar-refractivity contribution in [2.75, 3.05) is 0 Å². The molecule has 1 aliphatic heterocycles. The van der Waals surface area contributed by atoms with Gasteiger partial charge in [-0.2, -0.15) is 0 Å². The van der Waals surface area contributed by atoms with Crippen molar-refractivity contribution in [1.82, 2.24) is 0 Å². The van der Waals surface area contributed by atoms with E-state index < -0.39 is 0 Å². The van der Waals surface area contributed by atoms with Gasteiger partial charge in [0.2, 0.25) is 0 Å². The summed E-state index contributed by atoms with van der Waals surface area (Å²) < 4.78 is 6.52. The maximum absolute atomic E-state index is 6.52. The van der Waals surface area contributed by atoms with E-state index in [1.807, 2.05) is 0 Å². The van der Waals surface area contributed by atoms with Gasteiger partial charge in [-0.25, -0.2) is 0 Å². The van der Waals surface area contributed by atoms with Gasteiger partial charge < -0.3 is 4.74 Å². The first-order chi connectivity index (χ1) is 13.5. The zero-order valence-electron chi connectivity index (χ0n) is 20.1. The summed E-state index contributed by atoms with van der Waals surface area (Å²) in [4.78, 5) is 0. The summed E-state index contributed by atoms with van der Waals surface area (Å²) in [6.07, 6.45) is 14.1. The second-order valence-corrected chi connectivity index (χ2v) is 11.3. The van der Waals surface area contributed by atoms with Crippen molar-refractivity contribution >= 4 is 0 Å². The van der Waals surface area contributed by atoms with Crippen molar-refractivity contribution < 1.29 is 4.74 Å². The van der Waals surface area contributed by atoms with Crippen LogP contribution >= 0.6 is 0 Å². The third-order valence-corrected chi connectivity index (χ3v) is 7.10. The summed E-state index contributed by atoms with van der Waals surface area (Å²) in [7, 11) is 0. The van der Waals surface area contributed by atoms with Crippen LogP contribution in [0, 0.1) is 0 Å². The van der Waals surface area contributed by atoms with Crippen LogP contribution in [0.25, 0.3) is 0 Å². The van der Waals surface area contributed by atoms with Crippen LogP contribution < -0.4 is 4.74 Å². The minimum absolute atomic E-state index is 0.110. The molecule has 1 atom stereocenters. The minimum Gasteiger partial charge on any atom is -0.488 e. The first kappa shape index (κ1) is 22.2. The predicted octanol–water partition coefficient (Wildman–Crippen LogP) is 8.37. The molecule has 160 valence electrons. The Balaban J connectivity index is 1.98. The summed E-state index contributed by atoms with van der Waals surface area (Å²) in [5, 5.41) is 0. The number of unbranched alkanes of at least 4 members (excludes halogenated alkanes) is 1. The number of rotatable bonds is 5. The molecule has 3 rings (SSSR count). The van der Waals surface area contributed by atoms with Gasteiger partial charge in [0.05, 0.1) is 0 Å². The van der Waals surface area contributed by atoms with E-state index in [-0.39, 0.29) is 16.4 Å². The van der Waals surface area contributed by atoms with E-state index in [0.29, 0.717) is 5.92 Å². The summed E-state index contributed by atoms with van der Waals surface area (Å²) in [5.74, 6) is 1.65. The van der Waals surface area contributed by atoms with Gasteiger partial charge in [-0.1, -0.05) is 70.9 Å². The average Bonchev–Trinajstić information content (AvgIpc) is 2.62. The fourth-order valence-corrected chi connectivity index (χ4v) is 5.13. The maximum atomic E-state index is 6.52. The molecular formula is C28H42O. The molecule has 1 aliphatic carbocycles. The highest BCUT2D eigenvalue weighted by Crippen LogP contribution is 2.51. The lowest BCUT2D eigenvalue weighted by Gasteiger charge is -2.45. The number of hydrogen-bond acceptors (Lipinski definition) is 1. The molecule has 1 aromatic rings. The van der Waals surface area contributed by atoms with Gasteiger partial charge in [-0.05, 0) is 92.4 Å². The predicted molar refractivity (Wildman–Crippen MR) is 126 cm³/mol. The Labute approximate surface area is 179 Å². The largest absolute Gasteiger partial charge is 0.488 e. The Morgan fingerprint density at radius 3 is 2.28 bits per heavy atom. The standard InChI is InChI=1S/C28H42O/c1-9-10-12-20(2)13-11-14-21-19-28(7,8)29-25-18-24-23(17-22(21)25)26(3,4)15-16-27(24,5)6/h11-13,17-18,21H,9-10,14-16,19H2,1-8H3/b13-11+,20-12-. The quantitative estimate of drug-likeness (QED) is 0.456. The van der Waals surface area contributed by atoms with Crippen molar-refractivity contribution in [3.8, 4) is 5.75 Å². The fourth-order valence-electron chi connectivity index (χ4n) is 5.13. The van der Waals surface area contributed by atoms with Crippen LogP contribution in [0.5, 0.6) is 5.75 Å². The van der Waals surface area contributed by atoms with Crippen LogP contribution in [0.4, 0.5) is 0 Å².